The lowest BCUT2D eigenvalue weighted by molar-refractivity contribution is -0.122. The number of rotatable bonds is 6. The van der Waals surface area contributed by atoms with Gasteiger partial charge in [0.05, 0.1) is 12.6 Å². The number of hydrogen-bond donors (Lipinski definition) is 1. The van der Waals surface area contributed by atoms with Crippen molar-refractivity contribution in [3.63, 3.8) is 0 Å². The zero-order chi connectivity index (χ0) is 16.1. The summed E-state index contributed by atoms with van der Waals surface area (Å²) in [6.45, 7) is 3.86. The van der Waals surface area contributed by atoms with Crippen LogP contribution in [0.2, 0.25) is 0 Å². The molecule has 2 aliphatic rings. The van der Waals surface area contributed by atoms with Crippen molar-refractivity contribution in [3.05, 3.63) is 23.4 Å². The molecular weight excluding hydrogens is 292 g/mol. The Morgan fingerprint density at radius 2 is 2.35 bits per heavy atom. The molecule has 1 saturated heterocycles. The number of carbonyl (C=O) groups excluding carboxylic acids is 1. The molecule has 1 fully saturated rings. The Morgan fingerprint density at radius 1 is 1.43 bits per heavy atom. The molecule has 1 aliphatic carbocycles. The quantitative estimate of drug-likeness (QED) is 0.816. The summed E-state index contributed by atoms with van der Waals surface area (Å²) in [5.41, 5.74) is 1.50. The van der Waals surface area contributed by atoms with Crippen molar-refractivity contribution in [1.29, 1.82) is 0 Å². The zero-order valence-corrected chi connectivity index (χ0v) is 13.9. The van der Waals surface area contributed by atoms with Crippen molar-refractivity contribution >= 4 is 5.91 Å². The average Bonchev–Trinajstić information content (AvgIpc) is 3.17. The number of aromatic nitrogens is 2. The molecule has 0 saturated carbocycles. The number of nitrogens with one attached hydrogen (secondary N) is 1. The lowest BCUT2D eigenvalue weighted by Gasteiger charge is -2.21. The van der Waals surface area contributed by atoms with Gasteiger partial charge in [-0.15, -0.1) is 0 Å². The van der Waals surface area contributed by atoms with E-state index < -0.39 is 0 Å². The molecule has 1 aromatic rings. The molecule has 0 bridgehead atoms. The largest absolute Gasteiger partial charge is 0.355 e. The second-order valence-corrected chi connectivity index (χ2v) is 6.51. The monoisotopic (exact) mass is 318 g/mol. The van der Waals surface area contributed by atoms with Crippen molar-refractivity contribution in [3.8, 4) is 0 Å². The highest BCUT2D eigenvalue weighted by Crippen LogP contribution is 2.29. The van der Waals surface area contributed by atoms with E-state index in [-0.39, 0.29) is 11.9 Å². The molecule has 0 radical (unpaired) electrons. The van der Waals surface area contributed by atoms with Crippen molar-refractivity contribution in [2.24, 2.45) is 0 Å². The van der Waals surface area contributed by atoms with Crippen LogP contribution in [-0.4, -0.2) is 40.6 Å². The molecule has 126 valence electrons. The van der Waals surface area contributed by atoms with E-state index in [1.165, 1.54) is 31.3 Å². The summed E-state index contributed by atoms with van der Waals surface area (Å²) >= 11 is 0. The van der Waals surface area contributed by atoms with Crippen LogP contribution >= 0.6 is 0 Å². The van der Waals surface area contributed by atoms with Gasteiger partial charge in [-0.25, -0.2) is 0 Å². The fourth-order valence-corrected chi connectivity index (χ4v) is 3.49. The molecule has 23 heavy (non-hydrogen) atoms. The summed E-state index contributed by atoms with van der Waals surface area (Å²) in [5, 5.41) is 7.06. The van der Waals surface area contributed by atoms with Crippen LogP contribution in [-0.2, 0) is 4.79 Å². The van der Waals surface area contributed by atoms with Crippen molar-refractivity contribution in [2.45, 2.75) is 57.9 Å². The molecular formula is C17H26N4O2. The summed E-state index contributed by atoms with van der Waals surface area (Å²) in [5.74, 6) is 1.38. The van der Waals surface area contributed by atoms with Gasteiger partial charge >= 0.3 is 0 Å². The Balaban J connectivity index is 1.44. The normalized spacial score (nSPS) is 22.1. The number of allylic oxidation sites excluding steroid dienone is 1. The van der Waals surface area contributed by atoms with E-state index in [0.29, 0.717) is 18.3 Å². The smallest absolute Gasteiger partial charge is 0.234 e. The SMILES string of the molecule is Cc1nc([C@H]2CCCN2CC(=O)NCCC2=CCCCC2)no1. The van der Waals surface area contributed by atoms with E-state index >= 15 is 0 Å². The van der Waals surface area contributed by atoms with E-state index in [9.17, 15) is 4.79 Å². The number of aryl methyl sites for hydroxylation is 1. The van der Waals surface area contributed by atoms with Crippen LogP contribution in [0.5, 0.6) is 0 Å². The van der Waals surface area contributed by atoms with E-state index in [1.807, 2.05) is 0 Å². The standard InChI is InChI=1S/C17H26N4O2/c1-13-19-17(20-23-13)15-8-5-11-21(15)12-16(22)18-10-9-14-6-3-2-4-7-14/h6,15H,2-5,7-12H2,1H3,(H,18,22)/t15-/m1/s1. The molecule has 1 aromatic heterocycles. The van der Waals surface area contributed by atoms with Crippen LogP contribution < -0.4 is 5.32 Å². The summed E-state index contributed by atoms with van der Waals surface area (Å²) < 4.78 is 5.07. The van der Waals surface area contributed by atoms with E-state index in [1.54, 1.807) is 6.92 Å². The molecule has 1 aliphatic heterocycles. The average molecular weight is 318 g/mol. The van der Waals surface area contributed by atoms with Gasteiger partial charge in [0.1, 0.15) is 0 Å². The highest BCUT2D eigenvalue weighted by atomic mass is 16.5. The molecule has 6 heteroatoms. The Kier molecular flexibility index (Phi) is 5.43. The van der Waals surface area contributed by atoms with Gasteiger partial charge in [-0.2, -0.15) is 4.98 Å². The van der Waals surface area contributed by atoms with Crippen LogP contribution in [0.15, 0.2) is 16.2 Å². The minimum Gasteiger partial charge on any atom is -0.355 e. The second-order valence-electron chi connectivity index (χ2n) is 6.51. The summed E-state index contributed by atoms with van der Waals surface area (Å²) in [6, 6.07) is 0.110. The lowest BCUT2D eigenvalue weighted by atomic mass is 9.97. The molecule has 0 spiro atoms. The van der Waals surface area contributed by atoms with Gasteiger partial charge < -0.3 is 9.84 Å². The van der Waals surface area contributed by atoms with Gasteiger partial charge in [-0.05, 0) is 51.5 Å². The van der Waals surface area contributed by atoms with Crippen molar-refractivity contribution < 1.29 is 9.32 Å². The van der Waals surface area contributed by atoms with Crippen LogP contribution in [0.1, 0.15) is 62.7 Å². The van der Waals surface area contributed by atoms with Gasteiger partial charge in [-0.3, -0.25) is 9.69 Å². The third kappa shape index (κ3) is 4.41. The van der Waals surface area contributed by atoms with Gasteiger partial charge in [0, 0.05) is 13.5 Å². The maximum atomic E-state index is 12.2. The fraction of sp³-hybridized carbons (Fsp3) is 0.706. The third-order valence-electron chi connectivity index (χ3n) is 4.70. The first-order valence-electron chi connectivity index (χ1n) is 8.71. The van der Waals surface area contributed by atoms with Gasteiger partial charge in [0.2, 0.25) is 11.8 Å². The number of nitrogens with zero attached hydrogens (tertiary/aromatic N) is 3. The molecule has 0 unspecified atom stereocenters. The van der Waals surface area contributed by atoms with E-state index in [0.717, 1.165) is 32.4 Å². The summed E-state index contributed by atoms with van der Waals surface area (Å²) in [7, 11) is 0. The lowest BCUT2D eigenvalue weighted by Crippen LogP contribution is -2.37. The first-order valence-corrected chi connectivity index (χ1v) is 8.71. The number of amides is 1. The maximum Gasteiger partial charge on any atom is 0.234 e. The Labute approximate surface area is 137 Å². The second kappa shape index (κ2) is 7.73. The van der Waals surface area contributed by atoms with Gasteiger partial charge in [0.25, 0.3) is 0 Å². The highest BCUT2D eigenvalue weighted by molar-refractivity contribution is 5.78. The highest BCUT2D eigenvalue weighted by Gasteiger charge is 2.30. The van der Waals surface area contributed by atoms with Crippen molar-refractivity contribution in [2.75, 3.05) is 19.6 Å². The number of likely N-dealkylation sites (tertiary alicyclic amines) is 1. The minimum atomic E-state index is 0.0912. The van der Waals surface area contributed by atoms with Crippen LogP contribution in [0, 0.1) is 6.92 Å². The predicted octanol–water partition coefficient (Wildman–Crippen LogP) is 2.52. The van der Waals surface area contributed by atoms with E-state index in [4.69, 9.17) is 4.52 Å². The third-order valence-corrected chi connectivity index (χ3v) is 4.70. The predicted molar refractivity (Wildman–Crippen MR) is 86.8 cm³/mol. The van der Waals surface area contributed by atoms with Crippen LogP contribution in [0.4, 0.5) is 0 Å². The molecule has 6 nitrogen and oxygen atoms in total. The number of carbonyl (C=O) groups is 1. The summed E-state index contributed by atoms with van der Waals surface area (Å²) in [4.78, 5) is 18.7. The molecule has 1 N–H and O–H groups in total. The molecule has 2 heterocycles. The molecule has 0 aromatic carbocycles. The molecule has 1 amide bonds. The van der Waals surface area contributed by atoms with Gasteiger partial charge in [0.15, 0.2) is 5.82 Å². The fourth-order valence-electron chi connectivity index (χ4n) is 3.49. The number of hydrogen-bond acceptors (Lipinski definition) is 5. The zero-order valence-electron chi connectivity index (χ0n) is 13.9. The first kappa shape index (κ1) is 16.2. The van der Waals surface area contributed by atoms with Crippen LogP contribution in [0.3, 0.4) is 0 Å². The molecule has 1 atom stereocenters. The topological polar surface area (TPSA) is 71.3 Å². The Hall–Kier alpha value is -1.69. The minimum absolute atomic E-state index is 0.0912. The van der Waals surface area contributed by atoms with Gasteiger partial charge in [-0.1, -0.05) is 16.8 Å². The summed E-state index contributed by atoms with van der Waals surface area (Å²) in [6.07, 6.45) is 10.4. The Morgan fingerprint density at radius 3 is 3.09 bits per heavy atom. The maximum absolute atomic E-state index is 12.2. The first-order chi connectivity index (χ1) is 11.2. The van der Waals surface area contributed by atoms with Crippen molar-refractivity contribution in [1.82, 2.24) is 20.4 Å². The van der Waals surface area contributed by atoms with Crippen LogP contribution in [0.25, 0.3) is 0 Å². The van der Waals surface area contributed by atoms with E-state index in [2.05, 4.69) is 26.4 Å². The molecule has 3 rings (SSSR count). The Bertz CT molecular complexity index is 567.